The van der Waals surface area contributed by atoms with Crippen LogP contribution in [0.3, 0.4) is 0 Å². The molecule has 12 rings (SSSR count). The molecule has 55 heavy (non-hydrogen) atoms. The molecule has 8 aromatic carbocycles. The van der Waals surface area contributed by atoms with Gasteiger partial charge in [0, 0.05) is 43.7 Å². The zero-order valence-electron chi connectivity index (χ0n) is 29.4. The molecule has 4 heterocycles. The van der Waals surface area contributed by atoms with Crippen LogP contribution in [0.1, 0.15) is 0 Å². The van der Waals surface area contributed by atoms with E-state index in [4.69, 9.17) is 18.8 Å². The number of benzene rings is 8. The quantitative estimate of drug-likeness (QED) is 0.183. The van der Waals surface area contributed by atoms with Crippen LogP contribution in [0.5, 0.6) is 0 Å². The highest BCUT2D eigenvalue weighted by Gasteiger charge is 2.22. The molecule has 5 nitrogen and oxygen atoms in total. The van der Waals surface area contributed by atoms with E-state index in [1.165, 1.54) is 21.8 Å². The normalized spacial score (nSPS) is 12.0. The number of hydrogen-bond donors (Lipinski definition) is 0. The minimum Gasteiger partial charge on any atom is -0.456 e. The summed E-state index contributed by atoms with van der Waals surface area (Å²) in [6.45, 7) is 0. The van der Waals surface area contributed by atoms with Crippen molar-refractivity contribution < 1.29 is 8.83 Å². The van der Waals surface area contributed by atoms with E-state index in [2.05, 4.69) is 150 Å². The highest BCUT2D eigenvalue weighted by atomic mass is 16.3. The third-order valence-corrected chi connectivity index (χ3v) is 11.0. The van der Waals surface area contributed by atoms with Crippen molar-refractivity contribution in [2.45, 2.75) is 0 Å². The average molecular weight is 704 g/mol. The summed E-state index contributed by atoms with van der Waals surface area (Å²) < 4.78 is 15.4. The molecule has 0 radical (unpaired) electrons. The number of furan rings is 2. The lowest BCUT2D eigenvalue weighted by Crippen LogP contribution is -1.95. The second-order valence-electron chi connectivity index (χ2n) is 14.1. The molecule has 0 bridgehead atoms. The maximum atomic E-state index is 6.52. The van der Waals surface area contributed by atoms with Gasteiger partial charge in [0.05, 0.1) is 11.0 Å². The van der Waals surface area contributed by atoms with Crippen molar-refractivity contribution in [3.8, 4) is 39.5 Å². The van der Waals surface area contributed by atoms with Crippen LogP contribution in [-0.4, -0.2) is 14.5 Å². The first-order valence-electron chi connectivity index (χ1n) is 18.5. The summed E-state index contributed by atoms with van der Waals surface area (Å²) in [5, 5.41) is 7.64. The Morgan fingerprint density at radius 3 is 1.98 bits per heavy atom. The fourth-order valence-electron chi connectivity index (χ4n) is 8.53. The van der Waals surface area contributed by atoms with Crippen LogP contribution in [0.25, 0.3) is 116 Å². The molecule has 0 saturated heterocycles. The molecular weight excluding hydrogens is 675 g/mol. The summed E-state index contributed by atoms with van der Waals surface area (Å²) in [5.74, 6) is 0.621. The third kappa shape index (κ3) is 4.47. The molecule has 0 spiro atoms. The molecule has 0 fully saturated rings. The zero-order chi connectivity index (χ0) is 36.0. The van der Waals surface area contributed by atoms with E-state index in [0.29, 0.717) is 11.4 Å². The van der Waals surface area contributed by atoms with Gasteiger partial charge in [-0.2, -0.15) is 0 Å². The van der Waals surface area contributed by atoms with Crippen LogP contribution in [0.15, 0.2) is 185 Å². The summed E-state index contributed by atoms with van der Waals surface area (Å²) in [6, 6.07) is 61.5. The number of hydrogen-bond acceptors (Lipinski definition) is 4. The summed E-state index contributed by atoms with van der Waals surface area (Å²) in [5.41, 5.74) is 12.3. The van der Waals surface area contributed by atoms with Gasteiger partial charge in [-0.1, -0.05) is 115 Å². The molecule has 0 aliphatic rings. The second-order valence-corrected chi connectivity index (χ2v) is 14.1. The number of nitrogens with zero attached hydrogens (tertiary/aromatic N) is 3. The van der Waals surface area contributed by atoms with Crippen molar-refractivity contribution in [2.75, 3.05) is 0 Å². The van der Waals surface area contributed by atoms with Crippen LogP contribution in [0.2, 0.25) is 0 Å². The van der Waals surface area contributed by atoms with Gasteiger partial charge in [0.25, 0.3) is 0 Å². The molecule has 0 saturated carbocycles. The molecule has 256 valence electrons. The Morgan fingerprint density at radius 2 is 1.07 bits per heavy atom. The fourth-order valence-corrected chi connectivity index (χ4v) is 8.53. The third-order valence-electron chi connectivity index (χ3n) is 11.0. The van der Waals surface area contributed by atoms with Crippen molar-refractivity contribution in [3.05, 3.63) is 176 Å². The van der Waals surface area contributed by atoms with Crippen molar-refractivity contribution in [2.24, 2.45) is 0 Å². The molecule has 0 amide bonds. The number of rotatable bonds is 4. The van der Waals surface area contributed by atoms with E-state index in [0.717, 1.165) is 82.8 Å². The monoisotopic (exact) mass is 703 g/mol. The lowest BCUT2D eigenvalue weighted by Gasteiger charge is -2.10. The molecule has 0 aliphatic heterocycles. The van der Waals surface area contributed by atoms with Gasteiger partial charge in [-0.15, -0.1) is 0 Å². The molecular formula is C50H29N3O2. The van der Waals surface area contributed by atoms with Crippen molar-refractivity contribution in [1.29, 1.82) is 0 Å². The Morgan fingerprint density at radius 1 is 0.418 bits per heavy atom. The molecule has 0 aliphatic carbocycles. The number of para-hydroxylation sites is 3. The van der Waals surface area contributed by atoms with Gasteiger partial charge in [0.15, 0.2) is 11.4 Å². The lowest BCUT2D eigenvalue weighted by atomic mass is 9.98. The minimum atomic E-state index is 0.621. The molecule has 12 aromatic rings. The topological polar surface area (TPSA) is 57.0 Å². The van der Waals surface area contributed by atoms with Crippen LogP contribution >= 0.6 is 0 Å². The van der Waals surface area contributed by atoms with Gasteiger partial charge in [0.2, 0.25) is 0 Å². The van der Waals surface area contributed by atoms with Gasteiger partial charge in [-0.3, -0.25) is 0 Å². The van der Waals surface area contributed by atoms with Crippen LogP contribution in [0, 0.1) is 0 Å². The zero-order valence-corrected chi connectivity index (χ0v) is 29.4. The highest BCUT2D eigenvalue weighted by molar-refractivity contribution is 6.15. The number of aromatic nitrogens is 3. The van der Waals surface area contributed by atoms with E-state index in [1.54, 1.807) is 0 Å². The maximum Gasteiger partial charge on any atom is 0.180 e. The van der Waals surface area contributed by atoms with Crippen LogP contribution < -0.4 is 0 Å². The van der Waals surface area contributed by atoms with Crippen LogP contribution in [0.4, 0.5) is 0 Å². The number of fused-ring (bicyclic) bond motifs is 10. The second kappa shape index (κ2) is 11.5. The van der Waals surface area contributed by atoms with Gasteiger partial charge >= 0.3 is 0 Å². The predicted molar refractivity (Wildman–Crippen MR) is 225 cm³/mol. The summed E-state index contributed by atoms with van der Waals surface area (Å²) in [4.78, 5) is 10.6. The molecule has 4 aromatic heterocycles. The molecule has 0 N–H and O–H groups in total. The SMILES string of the molecule is c1ccc(-n2c3ccccc3c3cc(-c4ccc5oc6cccc(-c7nc(-c8cccc9ccccc89)c8oc9ccccc9c8n7)c6c5c4)ccc32)cc1. The van der Waals surface area contributed by atoms with E-state index >= 15 is 0 Å². The van der Waals surface area contributed by atoms with Crippen LogP contribution in [-0.2, 0) is 0 Å². The highest BCUT2D eigenvalue weighted by Crippen LogP contribution is 2.42. The van der Waals surface area contributed by atoms with Crippen molar-refractivity contribution in [3.63, 3.8) is 0 Å². The first-order chi connectivity index (χ1) is 27.3. The van der Waals surface area contributed by atoms with Gasteiger partial charge in [-0.05, 0) is 82.6 Å². The Labute approximate surface area is 314 Å². The molecule has 0 atom stereocenters. The summed E-state index contributed by atoms with van der Waals surface area (Å²) >= 11 is 0. The van der Waals surface area contributed by atoms with E-state index < -0.39 is 0 Å². The minimum absolute atomic E-state index is 0.621. The van der Waals surface area contributed by atoms with E-state index in [-0.39, 0.29) is 0 Å². The standard InChI is InChI=1S/C50H29N3O2/c1-2-14-33(15-3-1)53-41-21-8-6-17-35(41)39-28-31(24-26-42(39)53)32-25-27-44-40(29-32)46-38(20-11-23-45(46)54-44)50-51-47(36-19-10-13-30-12-4-5-16-34(30)36)49-48(52-50)37-18-7-9-22-43(37)55-49/h1-29H. The largest absolute Gasteiger partial charge is 0.456 e. The Bertz CT molecular complexity index is 3490. The van der Waals surface area contributed by atoms with E-state index in [9.17, 15) is 0 Å². The molecule has 5 heteroatoms. The Balaban J connectivity index is 1.08. The first-order valence-corrected chi connectivity index (χ1v) is 18.5. The Hall–Kier alpha value is -7.50. The van der Waals surface area contributed by atoms with Crippen molar-refractivity contribution in [1.82, 2.24) is 14.5 Å². The van der Waals surface area contributed by atoms with Gasteiger partial charge in [-0.25, -0.2) is 9.97 Å². The predicted octanol–water partition coefficient (Wildman–Crippen LogP) is 13.5. The van der Waals surface area contributed by atoms with Gasteiger partial charge in [0.1, 0.15) is 28.0 Å². The smallest absolute Gasteiger partial charge is 0.180 e. The fraction of sp³-hybridized carbons (Fsp3) is 0. The average Bonchev–Trinajstić information content (AvgIpc) is 3.92. The Kier molecular flexibility index (Phi) is 6.27. The van der Waals surface area contributed by atoms with Gasteiger partial charge < -0.3 is 13.4 Å². The lowest BCUT2D eigenvalue weighted by molar-refractivity contribution is 0.667. The van der Waals surface area contributed by atoms with Crippen molar-refractivity contribution >= 4 is 76.6 Å². The summed E-state index contributed by atoms with van der Waals surface area (Å²) in [7, 11) is 0. The summed E-state index contributed by atoms with van der Waals surface area (Å²) in [6.07, 6.45) is 0. The first kappa shape index (κ1) is 30.0. The molecule has 0 unspecified atom stereocenters. The van der Waals surface area contributed by atoms with E-state index in [1.807, 2.05) is 30.3 Å². The maximum absolute atomic E-state index is 6.52.